The first kappa shape index (κ1) is 13.9. The van der Waals surface area contributed by atoms with Crippen molar-refractivity contribution in [2.75, 3.05) is 0 Å². The second kappa shape index (κ2) is 6.56. The third-order valence-corrected chi connectivity index (χ3v) is 5.07. The lowest BCUT2D eigenvalue weighted by molar-refractivity contribution is 0.283. The molecule has 1 nitrogen and oxygen atoms in total. The van der Waals surface area contributed by atoms with E-state index in [2.05, 4.69) is 50.4 Å². The van der Waals surface area contributed by atoms with Gasteiger partial charge in [-0.2, -0.15) is 0 Å². The van der Waals surface area contributed by atoms with E-state index >= 15 is 0 Å². The van der Waals surface area contributed by atoms with Gasteiger partial charge < -0.3 is 5.32 Å². The summed E-state index contributed by atoms with van der Waals surface area (Å²) >= 11 is 0. The lowest BCUT2D eigenvalue weighted by atomic mass is 9.83. The fraction of sp³-hybridized carbons (Fsp3) is 0.765. The highest BCUT2D eigenvalue weighted by molar-refractivity contribution is 5.20. The average Bonchev–Trinajstić information content (AvgIpc) is 2.84. The van der Waals surface area contributed by atoms with Crippen molar-refractivity contribution in [1.82, 2.24) is 5.32 Å². The van der Waals surface area contributed by atoms with Gasteiger partial charge in [-0.25, -0.2) is 0 Å². The molecule has 1 saturated heterocycles. The Hall–Kier alpha value is -0.560. The number of hydrogen-bond donors (Lipinski definition) is 1. The second-order valence-electron chi connectivity index (χ2n) is 6.05. The molecular weight excluding hydrogens is 218 g/mol. The third-order valence-electron chi connectivity index (χ3n) is 5.07. The maximum atomic E-state index is 3.86. The summed E-state index contributed by atoms with van der Waals surface area (Å²) < 4.78 is 0. The molecular formula is C17H29N. The molecule has 4 unspecified atom stereocenters. The van der Waals surface area contributed by atoms with Gasteiger partial charge in [-0.1, -0.05) is 64.3 Å². The molecule has 0 saturated carbocycles. The van der Waals surface area contributed by atoms with E-state index in [4.69, 9.17) is 0 Å². The van der Waals surface area contributed by atoms with Crippen LogP contribution in [0.4, 0.5) is 0 Å². The minimum Gasteiger partial charge on any atom is -0.307 e. The van der Waals surface area contributed by atoms with Crippen LogP contribution in [0, 0.1) is 17.8 Å². The molecule has 1 heteroatoms. The molecule has 2 aliphatic rings. The Morgan fingerprint density at radius 2 is 1.78 bits per heavy atom. The molecule has 1 heterocycles. The zero-order valence-corrected chi connectivity index (χ0v) is 12.2. The first-order chi connectivity index (χ1) is 8.78. The fourth-order valence-electron chi connectivity index (χ4n) is 3.66. The summed E-state index contributed by atoms with van der Waals surface area (Å²) in [4.78, 5) is 0. The monoisotopic (exact) mass is 247 g/mol. The van der Waals surface area contributed by atoms with Crippen LogP contribution in [-0.2, 0) is 0 Å². The minimum atomic E-state index is 0.607. The summed E-state index contributed by atoms with van der Waals surface area (Å²) in [5.74, 6) is 2.53. The van der Waals surface area contributed by atoms with Crippen molar-refractivity contribution >= 4 is 0 Å². The van der Waals surface area contributed by atoms with Crippen LogP contribution in [0.1, 0.15) is 52.9 Å². The van der Waals surface area contributed by atoms with Gasteiger partial charge in [-0.15, -0.1) is 0 Å². The van der Waals surface area contributed by atoms with E-state index in [0.29, 0.717) is 6.04 Å². The van der Waals surface area contributed by atoms with Gasteiger partial charge in [0.15, 0.2) is 0 Å². The van der Waals surface area contributed by atoms with Crippen LogP contribution in [0.25, 0.3) is 0 Å². The first-order valence-electron chi connectivity index (χ1n) is 7.89. The molecule has 0 aromatic rings. The molecule has 1 aliphatic heterocycles. The van der Waals surface area contributed by atoms with Crippen molar-refractivity contribution in [3.05, 3.63) is 24.3 Å². The quantitative estimate of drug-likeness (QED) is 0.737. The van der Waals surface area contributed by atoms with E-state index < -0.39 is 0 Å². The summed E-state index contributed by atoms with van der Waals surface area (Å²) in [5.41, 5.74) is 0. The van der Waals surface area contributed by atoms with Gasteiger partial charge in [0.1, 0.15) is 0 Å². The van der Waals surface area contributed by atoms with Crippen molar-refractivity contribution in [3.8, 4) is 0 Å². The SMILES string of the molecule is CCC(CC)CC(CC)C1CC2C=CC=CC2N1. The van der Waals surface area contributed by atoms with Crippen LogP contribution >= 0.6 is 0 Å². The van der Waals surface area contributed by atoms with Crippen LogP contribution in [0.2, 0.25) is 0 Å². The van der Waals surface area contributed by atoms with E-state index in [1.165, 1.54) is 32.1 Å². The summed E-state index contributed by atoms with van der Waals surface area (Å²) in [6, 6.07) is 1.34. The van der Waals surface area contributed by atoms with Gasteiger partial charge in [0.05, 0.1) is 0 Å². The third kappa shape index (κ3) is 3.06. The molecule has 0 radical (unpaired) electrons. The Morgan fingerprint density at radius 1 is 1.06 bits per heavy atom. The molecule has 102 valence electrons. The number of hydrogen-bond acceptors (Lipinski definition) is 1. The van der Waals surface area contributed by atoms with Crippen molar-refractivity contribution < 1.29 is 0 Å². The van der Waals surface area contributed by atoms with Crippen LogP contribution in [0.15, 0.2) is 24.3 Å². The Balaban J connectivity index is 1.93. The first-order valence-corrected chi connectivity index (χ1v) is 7.89. The fourth-order valence-corrected chi connectivity index (χ4v) is 3.66. The van der Waals surface area contributed by atoms with Crippen molar-refractivity contribution in [1.29, 1.82) is 0 Å². The highest BCUT2D eigenvalue weighted by Crippen LogP contribution is 2.33. The Bertz CT molecular complexity index is 281. The Morgan fingerprint density at radius 3 is 2.39 bits per heavy atom. The van der Waals surface area contributed by atoms with E-state index in [0.717, 1.165) is 23.8 Å². The predicted molar refractivity (Wildman–Crippen MR) is 79.6 cm³/mol. The van der Waals surface area contributed by atoms with Gasteiger partial charge in [-0.05, 0) is 30.6 Å². The van der Waals surface area contributed by atoms with E-state index in [1.54, 1.807) is 0 Å². The van der Waals surface area contributed by atoms with Gasteiger partial charge >= 0.3 is 0 Å². The van der Waals surface area contributed by atoms with Crippen molar-refractivity contribution in [2.45, 2.75) is 65.0 Å². The predicted octanol–water partition coefficient (Wildman–Crippen LogP) is 4.31. The summed E-state index contributed by atoms with van der Waals surface area (Å²) in [6.45, 7) is 7.05. The summed E-state index contributed by atoms with van der Waals surface area (Å²) in [6.07, 6.45) is 15.9. The molecule has 18 heavy (non-hydrogen) atoms. The molecule has 1 fully saturated rings. The highest BCUT2D eigenvalue weighted by Gasteiger charge is 2.35. The van der Waals surface area contributed by atoms with Crippen molar-refractivity contribution in [2.24, 2.45) is 17.8 Å². The van der Waals surface area contributed by atoms with E-state index in [9.17, 15) is 0 Å². The molecule has 4 atom stereocenters. The van der Waals surface area contributed by atoms with Crippen LogP contribution in [-0.4, -0.2) is 12.1 Å². The zero-order chi connectivity index (χ0) is 13.0. The summed E-state index contributed by atoms with van der Waals surface area (Å²) in [5, 5.41) is 3.86. The van der Waals surface area contributed by atoms with E-state index in [1.807, 2.05) is 0 Å². The van der Waals surface area contributed by atoms with Gasteiger partial charge in [0.25, 0.3) is 0 Å². The molecule has 0 aromatic heterocycles. The average molecular weight is 247 g/mol. The Kier molecular flexibility index (Phi) is 5.05. The van der Waals surface area contributed by atoms with Gasteiger partial charge in [0, 0.05) is 12.1 Å². The standard InChI is InChI=1S/C17H29N/c1-4-13(5-2)11-14(6-3)17-12-15-9-7-8-10-16(15)18-17/h7-10,13-18H,4-6,11-12H2,1-3H3. The lowest BCUT2D eigenvalue weighted by Gasteiger charge is -2.26. The van der Waals surface area contributed by atoms with Gasteiger partial charge in [-0.3, -0.25) is 0 Å². The number of allylic oxidation sites excluding steroid dienone is 2. The number of fused-ring (bicyclic) bond motifs is 1. The molecule has 1 aliphatic carbocycles. The maximum Gasteiger partial charge on any atom is 0.0319 e. The number of rotatable bonds is 6. The molecule has 0 amide bonds. The molecule has 0 aromatic carbocycles. The molecule has 1 N–H and O–H groups in total. The molecule has 2 rings (SSSR count). The minimum absolute atomic E-state index is 0.607. The smallest absolute Gasteiger partial charge is 0.0319 e. The van der Waals surface area contributed by atoms with Crippen LogP contribution < -0.4 is 5.32 Å². The van der Waals surface area contributed by atoms with Crippen molar-refractivity contribution in [3.63, 3.8) is 0 Å². The number of nitrogens with one attached hydrogen (secondary N) is 1. The second-order valence-corrected chi connectivity index (χ2v) is 6.05. The Labute approximate surface area is 113 Å². The normalized spacial score (nSPS) is 31.9. The topological polar surface area (TPSA) is 12.0 Å². The van der Waals surface area contributed by atoms with E-state index in [-0.39, 0.29) is 0 Å². The molecule has 0 spiro atoms. The zero-order valence-electron chi connectivity index (χ0n) is 12.2. The lowest BCUT2D eigenvalue weighted by Crippen LogP contribution is -2.35. The largest absolute Gasteiger partial charge is 0.307 e. The van der Waals surface area contributed by atoms with Crippen LogP contribution in [0.5, 0.6) is 0 Å². The van der Waals surface area contributed by atoms with Gasteiger partial charge in [0.2, 0.25) is 0 Å². The van der Waals surface area contributed by atoms with Crippen LogP contribution in [0.3, 0.4) is 0 Å². The maximum absolute atomic E-state index is 3.86. The molecule has 0 bridgehead atoms. The summed E-state index contributed by atoms with van der Waals surface area (Å²) in [7, 11) is 0. The highest BCUT2D eigenvalue weighted by atomic mass is 15.0.